The summed E-state index contributed by atoms with van der Waals surface area (Å²) >= 11 is 6.07. The molecule has 2 N–H and O–H groups in total. The van der Waals surface area contributed by atoms with Gasteiger partial charge in [0, 0.05) is 80.3 Å². The van der Waals surface area contributed by atoms with Gasteiger partial charge in [0.1, 0.15) is 11.6 Å². The lowest BCUT2D eigenvalue weighted by atomic mass is 10.1. The first-order valence-corrected chi connectivity index (χ1v) is 15.7. The maximum Gasteiger partial charge on any atom is 0.222 e. The molecule has 11 heteroatoms. The van der Waals surface area contributed by atoms with Crippen molar-refractivity contribution < 1.29 is 9.59 Å². The number of benzene rings is 1. The molecule has 1 aromatic carbocycles. The largest absolute Gasteiger partial charge is 0.368 e. The zero-order valence-corrected chi connectivity index (χ0v) is 23.6. The van der Waals surface area contributed by atoms with Gasteiger partial charge < -0.3 is 20.4 Å². The quantitative estimate of drug-likeness (QED) is 0.301. The summed E-state index contributed by atoms with van der Waals surface area (Å²) < 4.78 is 0. The third-order valence-electron chi connectivity index (χ3n) is 6.47. The van der Waals surface area contributed by atoms with Crippen LogP contribution in [0.3, 0.4) is 0 Å². The maximum atomic E-state index is 12.8. The van der Waals surface area contributed by atoms with Crippen LogP contribution in [0.4, 0.5) is 11.6 Å². The number of unbranched alkanes of at least 4 members (excludes halogenated alkanes) is 1. The van der Waals surface area contributed by atoms with Crippen molar-refractivity contribution in [2.45, 2.75) is 44.3 Å². The minimum Gasteiger partial charge on any atom is -0.368 e. The molecule has 2 aromatic rings. The number of halogens is 1. The number of piperazine rings is 1. The van der Waals surface area contributed by atoms with E-state index in [1.807, 2.05) is 56.8 Å². The van der Waals surface area contributed by atoms with Gasteiger partial charge in [0.05, 0.1) is 0 Å². The molecule has 200 valence electrons. The van der Waals surface area contributed by atoms with Gasteiger partial charge in [0.25, 0.3) is 0 Å². The Morgan fingerprint density at radius 1 is 1.08 bits per heavy atom. The summed E-state index contributed by atoms with van der Waals surface area (Å²) in [5.41, 5.74) is 0.875. The molecule has 2 aliphatic rings. The molecular weight excluding hydrogens is 528 g/mol. The molecule has 0 bridgehead atoms. The molecule has 0 aliphatic carbocycles. The summed E-state index contributed by atoms with van der Waals surface area (Å²) in [6.07, 6.45) is 5.28. The Bertz CT molecular complexity index is 1040. The van der Waals surface area contributed by atoms with Gasteiger partial charge in [0.2, 0.25) is 11.8 Å². The molecule has 1 unspecified atom stereocenters. The minimum absolute atomic E-state index is 0.0636. The first-order chi connectivity index (χ1) is 18.0. The molecule has 4 rings (SSSR count). The average Bonchev–Trinajstić information content (AvgIpc) is 3.43. The van der Waals surface area contributed by atoms with Crippen LogP contribution in [-0.2, 0) is 9.59 Å². The highest BCUT2D eigenvalue weighted by atomic mass is 35.5. The smallest absolute Gasteiger partial charge is 0.222 e. The zero-order chi connectivity index (χ0) is 26.0. The highest BCUT2D eigenvalue weighted by Crippen LogP contribution is 2.39. The second-order valence-corrected chi connectivity index (χ2v) is 12.5. The third kappa shape index (κ3) is 8.68. The summed E-state index contributed by atoms with van der Waals surface area (Å²) in [7, 11) is 3.99. The van der Waals surface area contributed by atoms with E-state index in [1.165, 1.54) is 25.5 Å². The van der Waals surface area contributed by atoms with Crippen LogP contribution in [-0.4, -0.2) is 77.0 Å². The Hall–Kier alpha value is -2.17. The van der Waals surface area contributed by atoms with E-state index in [-0.39, 0.29) is 11.8 Å². The first kappa shape index (κ1) is 27.9. The fourth-order valence-corrected chi connectivity index (χ4v) is 7.55. The summed E-state index contributed by atoms with van der Waals surface area (Å²) in [4.78, 5) is 37.7. The van der Waals surface area contributed by atoms with Gasteiger partial charge in [0.15, 0.2) is 5.82 Å². The third-order valence-corrected chi connectivity index (χ3v) is 9.73. The van der Waals surface area contributed by atoms with E-state index in [0.717, 1.165) is 42.6 Å². The molecule has 37 heavy (non-hydrogen) atoms. The molecular formula is C26H35ClN6O2S2. The van der Waals surface area contributed by atoms with Gasteiger partial charge in [-0.15, -0.1) is 0 Å². The number of hydrogen-bond donors (Lipinski definition) is 2. The second kappa shape index (κ2) is 14.1. The van der Waals surface area contributed by atoms with Gasteiger partial charge in [-0.3, -0.25) is 9.59 Å². The van der Waals surface area contributed by atoms with Crippen molar-refractivity contribution in [3.63, 3.8) is 0 Å². The number of nitrogens with one attached hydrogen (secondary N) is 2. The number of hydrogen-bond acceptors (Lipinski definition) is 8. The minimum atomic E-state index is -0.0636. The number of rotatable bonds is 11. The predicted molar refractivity (Wildman–Crippen MR) is 155 cm³/mol. The summed E-state index contributed by atoms with van der Waals surface area (Å²) in [5, 5.41) is 7.51. The van der Waals surface area contributed by atoms with Crippen molar-refractivity contribution >= 4 is 56.6 Å². The number of aromatic nitrogens is 2. The molecule has 0 radical (unpaired) electrons. The number of anilines is 2. The zero-order valence-electron chi connectivity index (χ0n) is 21.2. The summed E-state index contributed by atoms with van der Waals surface area (Å²) in [6, 6.07) is 9.40. The van der Waals surface area contributed by atoms with Crippen LogP contribution >= 0.6 is 33.2 Å². The normalized spacial score (nSPS) is 17.6. The molecule has 2 saturated heterocycles. The van der Waals surface area contributed by atoms with E-state index in [1.54, 1.807) is 0 Å². The second-order valence-electron chi connectivity index (χ2n) is 9.29. The van der Waals surface area contributed by atoms with Crippen molar-refractivity contribution in [3.05, 3.63) is 35.4 Å². The molecule has 2 amide bonds. The number of carbonyl (C=O) groups excluding carboxylic acids is 2. The van der Waals surface area contributed by atoms with Gasteiger partial charge in [-0.1, -0.05) is 39.6 Å². The highest BCUT2D eigenvalue weighted by molar-refractivity contribution is 8.77. The van der Waals surface area contributed by atoms with Crippen molar-refractivity contribution in [1.82, 2.24) is 20.2 Å². The van der Waals surface area contributed by atoms with Crippen LogP contribution in [0.1, 0.15) is 39.0 Å². The van der Waals surface area contributed by atoms with Gasteiger partial charge in [-0.2, -0.15) is 0 Å². The van der Waals surface area contributed by atoms with E-state index < -0.39 is 0 Å². The Balaban J connectivity index is 1.34. The van der Waals surface area contributed by atoms with Crippen LogP contribution in [0, 0.1) is 0 Å². The van der Waals surface area contributed by atoms with E-state index in [0.29, 0.717) is 49.3 Å². The summed E-state index contributed by atoms with van der Waals surface area (Å²) in [6.45, 7) is 5.40. The molecule has 1 aromatic heterocycles. The van der Waals surface area contributed by atoms with Crippen molar-refractivity contribution in [2.24, 2.45) is 0 Å². The van der Waals surface area contributed by atoms with Crippen molar-refractivity contribution in [1.29, 1.82) is 0 Å². The fraction of sp³-hybridized carbons (Fsp3) is 0.538. The summed E-state index contributed by atoms with van der Waals surface area (Å²) in [5.74, 6) is 3.58. The molecule has 2 fully saturated rings. The van der Waals surface area contributed by atoms with E-state index in [9.17, 15) is 9.59 Å². The number of carbonyl (C=O) groups is 2. The van der Waals surface area contributed by atoms with Gasteiger partial charge >= 0.3 is 0 Å². The van der Waals surface area contributed by atoms with Crippen LogP contribution in [0.25, 0.3) is 11.4 Å². The van der Waals surface area contributed by atoms with Crippen LogP contribution in [0.5, 0.6) is 0 Å². The lowest BCUT2D eigenvalue weighted by Crippen LogP contribution is -2.49. The van der Waals surface area contributed by atoms with Crippen LogP contribution < -0.4 is 15.5 Å². The standard InChI is InChI=1S/C26H35ClN6O2S2/c1-19(34)28-11-12-29-23-18-24(31-26(30-23)20-6-8-21(27)9-7-20)32-13-15-33(16-14-32)25(35)5-3-2-4-22-10-17-36-37-22/h6-9,18,22H,2-5,10-17H2,1H3,(H,28,34)(H,29,30,31). The van der Waals surface area contributed by atoms with E-state index in [2.05, 4.69) is 20.5 Å². The highest BCUT2D eigenvalue weighted by Gasteiger charge is 2.23. The Morgan fingerprint density at radius 2 is 1.86 bits per heavy atom. The SMILES string of the molecule is CC(=O)NCCNc1cc(N2CCN(C(=O)CCCCC3CCSS3)CC2)nc(-c2ccc(Cl)cc2)n1. The van der Waals surface area contributed by atoms with Gasteiger partial charge in [-0.05, 0) is 43.5 Å². The molecule has 3 heterocycles. The first-order valence-electron chi connectivity index (χ1n) is 12.9. The Kier molecular flexibility index (Phi) is 10.6. The van der Waals surface area contributed by atoms with Crippen LogP contribution in [0.2, 0.25) is 5.02 Å². The van der Waals surface area contributed by atoms with Crippen molar-refractivity contribution in [3.8, 4) is 11.4 Å². The van der Waals surface area contributed by atoms with Crippen LogP contribution in [0.15, 0.2) is 30.3 Å². The topological polar surface area (TPSA) is 90.5 Å². The van der Waals surface area contributed by atoms with Crippen molar-refractivity contribution in [2.75, 3.05) is 55.2 Å². The van der Waals surface area contributed by atoms with E-state index >= 15 is 0 Å². The number of amides is 2. The average molecular weight is 563 g/mol. The molecule has 1 atom stereocenters. The molecule has 0 saturated carbocycles. The predicted octanol–water partition coefficient (Wildman–Crippen LogP) is 4.71. The van der Waals surface area contributed by atoms with Gasteiger partial charge in [-0.25, -0.2) is 9.97 Å². The fourth-order valence-electron chi connectivity index (χ4n) is 4.40. The van der Waals surface area contributed by atoms with E-state index in [4.69, 9.17) is 16.6 Å². The lowest BCUT2D eigenvalue weighted by Gasteiger charge is -2.35. The lowest BCUT2D eigenvalue weighted by molar-refractivity contribution is -0.131. The Morgan fingerprint density at radius 3 is 2.57 bits per heavy atom. The molecule has 8 nitrogen and oxygen atoms in total. The molecule has 2 aliphatic heterocycles. The maximum absolute atomic E-state index is 12.8. The Labute approximate surface area is 232 Å². The number of nitrogens with zero attached hydrogens (tertiary/aromatic N) is 4. The monoisotopic (exact) mass is 562 g/mol. The molecule has 0 spiro atoms.